The van der Waals surface area contributed by atoms with Gasteiger partial charge in [0.1, 0.15) is 5.65 Å². The highest BCUT2D eigenvalue weighted by atomic mass is 16.1. The molecule has 0 saturated heterocycles. The maximum absolute atomic E-state index is 12.3. The molecule has 0 aliphatic carbocycles. The summed E-state index contributed by atoms with van der Waals surface area (Å²) in [6.07, 6.45) is 7.80. The van der Waals surface area contributed by atoms with Crippen molar-refractivity contribution in [2.75, 3.05) is 0 Å². The van der Waals surface area contributed by atoms with E-state index < -0.39 is 0 Å². The van der Waals surface area contributed by atoms with Gasteiger partial charge in [0, 0.05) is 36.0 Å². The fraction of sp³-hybridized carbons (Fsp3) is 0.0526. The molecule has 0 radical (unpaired) electrons. The van der Waals surface area contributed by atoms with Gasteiger partial charge in [0.15, 0.2) is 0 Å². The van der Waals surface area contributed by atoms with Gasteiger partial charge in [-0.1, -0.05) is 6.07 Å². The van der Waals surface area contributed by atoms with Gasteiger partial charge in [-0.3, -0.25) is 4.79 Å². The second kappa shape index (κ2) is 6.04. The number of benzene rings is 1. The van der Waals surface area contributed by atoms with Crippen LogP contribution >= 0.6 is 0 Å². The highest BCUT2D eigenvalue weighted by Crippen LogP contribution is 2.10. The smallest absolute Gasteiger partial charge is 0.251 e. The first-order valence-electron chi connectivity index (χ1n) is 7.74. The van der Waals surface area contributed by atoms with Gasteiger partial charge in [-0.15, -0.1) is 0 Å². The Kier molecular flexibility index (Phi) is 3.59. The molecular weight excluding hydrogens is 300 g/mol. The first kappa shape index (κ1) is 14.3. The van der Waals surface area contributed by atoms with E-state index in [9.17, 15) is 4.79 Å². The zero-order chi connectivity index (χ0) is 16.4. The number of carbonyl (C=O) groups is 1. The monoisotopic (exact) mass is 316 g/mol. The van der Waals surface area contributed by atoms with Crippen LogP contribution in [0, 0.1) is 0 Å². The van der Waals surface area contributed by atoms with Crippen LogP contribution in [0.2, 0.25) is 0 Å². The van der Waals surface area contributed by atoms with Crippen LogP contribution in [0.25, 0.3) is 11.3 Å². The zero-order valence-electron chi connectivity index (χ0n) is 13.0. The number of fused-ring (bicyclic) bond motifs is 1. The van der Waals surface area contributed by atoms with Crippen molar-refractivity contribution in [3.8, 4) is 5.69 Å². The number of nitrogens with one attached hydrogen (secondary N) is 1. The molecule has 1 amide bonds. The number of rotatable bonds is 4. The Morgan fingerprint density at radius 2 is 1.71 bits per heavy atom. The lowest BCUT2D eigenvalue weighted by Crippen LogP contribution is -2.22. The number of aromatic nitrogens is 3. The fourth-order valence-electron chi connectivity index (χ4n) is 2.64. The predicted molar refractivity (Wildman–Crippen MR) is 92.1 cm³/mol. The summed E-state index contributed by atoms with van der Waals surface area (Å²) in [6, 6.07) is 17.3. The van der Waals surface area contributed by atoms with E-state index in [1.165, 1.54) is 0 Å². The molecule has 1 aromatic carbocycles. The fourth-order valence-corrected chi connectivity index (χ4v) is 2.64. The van der Waals surface area contributed by atoms with E-state index in [0.29, 0.717) is 12.1 Å². The molecule has 0 atom stereocenters. The zero-order valence-corrected chi connectivity index (χ0v) is 13.0. The molecule has 0 fully saturated rings. The topological polar surface area (TPSA) is 51.3 Å². The van der Waals surface area contributed by atoms with Crippen molar-refractivity contribution in [2.45, 2.75) is 6.54 Å². The van der Waals surface area contributed by atoms with Crippen LogP contribution in [0.4, 0.5) is 0 Å². The van der Waals surface area contributed by atoms with Crippen molar-refractivity contribution in [1.82, 2.24) is 19.3 Å². The molecule has 0 spiro atoms. The maximum Gasteiger partial charge on any atom is 0.251 e. The first-order valence-corrected chi connectivity index (χ1v) is 7.74. The van der Waals surface area contributed by atoms with Crippen molar-refractivity contribution in [3.05, 3.63) is 90.6 Å². The number of hydrogen-bond acceptors (Lipinski definition) is 2. The van der Waals surface area contributed by atoms with Crippen LogP contribution in [0.3, 0.4) is 0 Å². The highest BCUT2D eigenvalue weighted by Gasteiger charge is 2.07. The minimum Gasteiger partial charge on any atom is -0.346 e. The number of imidazole rings is 1. The summed E-state index contributed by atoms with van der Waals surface area (Å²) in [6.45, 7) is 0.403. The molecule has 0 bridgehead atoms. The second-order valence-corrected chi connectivity index (χ2v) is 5.52. The average Bonchev–Trinajstić information content (AvgIpc) is 3.29. The lowest BCUT2D eigenvalue weighted by Gasteiger charge is -2.06. The molecule has 0 saturated carbocycles. The molecule has 118 valence electrons. The van der Waals surface area contributed by atoms with E-state index in [2.05, 4.69) is 10.3 Å². The first-order chi connectivity index (χ1) is 11.8. The molecule has 24 heavy (non-hydrogen) atoms. The molecule has 3 heterocycles. The number of carbonyl (C=O) groups excluding carboxylic acids is 1. The third kappa shape index (κ3) is 2.79. The summed E-state index contributed by atoms with van der Waals surface area (Å²) >= 11 is 0. The summed E-state index contributed by atoms with van der Waals surface area (Å²) in [5.74, 6) is -0.105. The largest absolute Gasteiger partial charge is 0.346 e. The normalized spacial score (nSPS) is 10.8. The number of nitrogens with zero attached hydrogens (tertiary/aromatic N) is 3. The van der Waals surface area contributed by atoms with Crippen LogP contribution in [0.1, 0.15) is 16.1 Å². The lowest BCUT2D eigenvalue weighted by atomic mass is 10.2. The number of pyridine rings is 1. The number of hydrogen-bond donors (Lipinski definition) is 1. The molecule has 3 aromatic heterocycles. The Labute approximate surface area is 139 Å². The van der Waals surface area contributed by atoms with Crippen molar-refractivity contribution in [2.24, 2.45) is 0 Å². The van der Waals surface area contributed by atoms with E-state index in [-0.39, 0.29) is 5.91 Å². The Morgan fingerprint density at radius 3 is 2.46 bits per heavy atom. The van der Waals surface area contributed by atoms with E-state index >= 15 is 0 Å². The van der Waals surface area contributed by atoms with Crippen LogP contribution in [0.15, 0.2) is 79.4 Å². The van der Waals surface area contributed by atoms with Crippen molar-refractivity contribution >= 4 is 11.6 Å². The molecule has 1 N–H and O–H groups in total. The van der Waals surface area contributed by atoms with Crippen LogP contribution in [-0.2, 0) is 6.54 Å². The summed E-state index contributed by atoms with van der Waals surface area (Å²) < 4.78 is 3.94. The van der Waals surface area contributed by atoms with Crippen molar-refractivity contribution in [1.29, 1.82) is 0 Å². The Hall–Kier alpha value is -3.34. The number of amides is 1. The van der Waals surface area contributed by atoms with Crippen molar-refractivity contribution in [3.63, 3.8) is 0 Å². The van der Waals surface area contributed by atoms with Gasteiger partial charge >= 0.3 is 0 Å². The third-order valence-electron chi connectivity index (χ3n) is 3.88. The minimum atomic E-state index is -0.105. The minimum absolute atomic E-state index is 0.105. The maximum atomic E-state index is 12.3. The SMILES string of the molecule is O=C(NCc1cn2ccccc2n1)c1ccc(-n2cccc2)cc1. The second-order valence-electron chi connectivity index (χ2n) is 5.52. The van der Waals surface area contributed by atoms with E-state index in [4.69, 9.17) is 0 Å². The third-order valence-corrected chi connectivity index (χ3v) is 3.88. The van der Waals surface area contributed by atoms with E-state index in [1.807, 2.05) is 88.4 Å². The molecule has 4 aromatic rings. The molecule has 4 rings (SSSR count). The van der Waals surface area contributed by atoms with Gasteiger partial charge in [0.05, 0.1) is 12.2 Å². The van der Waals surface area contributed by atoms with Crippen LogP contribution in [-0.4, -0.2) is 19.9 Å². The van der Waals surface area contributed by atoms with E-state index in [0.717, 1.165) is 17.0 Å². The Balaban J connectivity index is 1.44. The quantitative estimate of drug-likeness (QED) is 0.629. The molecule has 0 aliphatic heterocycles. The van der Waals surface area contributed by atoms with Crippen LogP contribution < -0.4 is 5.32 Å². The van der Waals surface area contributed by atoms with Gasteiger partial charge in [0.25, 0.3) is 5.91 Å². The molecular formula is C19H16N4O. The average molecular weight is 316 g/mol. The molecule has 5 nitrogen and oxygen atoms in total. The van der Waals surface area contributed by atoms with Crippen LogP contribution in [0.5, 0.6) is 0 Å². The summed E-state index contributed by atoms with van der Waals surface area (Å²) in [4.78, 5) is 16.7. The van der Waals surface area contributed by atoms with Gasteiger partial charge in [-0.2, -0.15) is 0 Å². The Bertz CT molecular complexity index is 935. The predicted octanol–water partition coefficient (Wildman–Crippen LogP) is 3.06. The highest BCUT2D eigenvalue weighted by molar-refractivity contribution is 5.94. The summed E-state index contributed by atoms with van der Waals surface area (Å²) in [5, 5.41) is 2.91. The van der Waals surface area contributed by atoms with Gasteiger partial charge in [-0.25, -0.2) is 4.98 Å². The standard InChI is InChI=1S/C19H16N4O/c24-19(15-6-8-17(9-7-15)22-10-3-4-11-22)20-13-16-14-23-12-2-1-5-18(23)21-16/h1-12,14H,13H2,(H,20,24). The molecule has 5 heteroatoms. The van der Waals surface area contributed by atoms with Gasteiger partial charge in [-0.05, 0) is 48.5 Å². The Morgan fingerprint density at radius 1 is 0.958 bits per heavy atom. The van der Waals surface area contributed by atoms with Crippen molar-refractivity contribution < 1.29 is 4.79 Å². The summed E-state index contributed by atoms with van der Waals surface area (Å²) in [5.41, 5.74) is 3.36. The molecule has 0 aliphatic rings. The lowest BCUT2D eigenvalue weighted by molar-refractivity contribution is 0.0950. The van der Waals surface area contributed by atoms with E-state index in [1.54, 1.807) is 0 Å². The molecule has 0 unspecified atom stereocenters. The summed E-state index contributed by atoms with van der Waals surface area (Å²) in [7, 11) is 0. The van der Waals surface area contributed by atoms with Gasteiger partial charge in [0.2, 0.25) is 0 Å². The van der Waals surface area contributed by atoms with Gasteiger partial charge < -0.3 is 14.3 Å².